The van der Waals surface area contributed by atoms with Crippen LogP contribution in [0.25, 0.3) is 10.8 Å². The van der Waals surface area contributed by atoms with Gasteiger partial charge in [-0.05, 0) is 25.3 Å². The van der Waals surface area contributed by atoms with Crippen LogP contribution in [0.1, 0.15) is 23.0 Å². The van der Waals surface area contributed by atoms with Crippen LogP contribution in [-0.2, 0) is 0 Å². The zero-order valence-electron chi connectivity index (χ0n) is 12.3. The van der Waals surface area contributed by atoms with Gasteiger partial charge < -0.3 is 9.73 Å². The van der Waals surface area contributed by atoms with Crippen LogP contribution in [0, 0.1) is 6.92 Å². The van der Waals surface area contributed by atoms with Crippen molar-refractivity contribution < 1.29 is 9.21 Å². The van der Waals surface area contributed by atoms with Crippen LogP contribution in [0.4, 0.5) is 11.6 Å². The lowest BCUT2D eigenvalue weighted by Gasteiger charge is -2.11. The van der Waals surface area contributed by atoms with E-state index in [1.165, 1.54) is 13.0 Å². The average molecular weight is 293 g/mol. The molecule has 22 heavy (non-hydrogen) atoms. The zero-order chi connectivity index (χ0) is 15.7. The molecule has 0 aliphatic carbocycles. The summed E-state index contributed by atoms with van der Waals surface area (Å²) in [4.78, 5) is 23.8. The van der Waals surface area contributed by atoms with Crippen molar-refractivity contribution in [3.05, 3.63) is 70.1 Å². The third-order valence-corrected chi connectivity index (χ3v) is 3.46. The number of carbonyl (C=O) groups excluding carboxylic acids is 1. The van der Waals surface area contributed by atoms with Gasteiger partial charge in [0.05, 0.1) is 0 Å². The Morgan fingerprint density at radius 2 is 1.82 bits per heavy atom. The van der Waals surface area contributed by atoms with E-state index in [1.807, 2.05) is 42.5 Å². The molecule has 0 aliphatic rings. The molecule has 1 aromatic heterocycles. The maximum absolute atomic E-state index is 12.0. The maximum Gasteiger partial charge on any atom is 0.212 e. The van der Waals surface area contributed by atoms with Crippen LogP contribution in [0.2, 0.25) is 0 Å². The number of benzene rings is 2. The van der Waals surface area contributed by atoms with Gasteiger partial charge in [0.15, 0.2) is 11.2 Å². The lowest BCUT2D eigenvalue weighted by Crippen LogP contribution is -2.15. The van der Waals surface area contributed by atoms with E-state index in [2.05, 4.69) is 5.32 Å². The van der Waals surface area contributed by atoms with Gasteiger partial charge in [-0.15, -0.1) is 0 Å². The van der Waals surface area contributed by atoms with E-state index >= 15 is 0 Å². The highest BCUT2D eigenvalue weighted by molar-refractivity contribution is 6.01. The molecule has 0 radical (unpaired) electrons. The van der Waals surface area contributed by atoms with Gasteiger partial charge in [0, 0.05) is 17.1 Å². The number of hydrogen-bond donors (Lipinski definition) is 1. The number of ketones is 1. The second-order valence-electron chi connectivity index (χ2n) is 5.13. The molecule has 2 aromatic carbocycles. The molecule has 3 rings (SSSR count). The van der Waals surface area contributed by atoms with Crippen LogP contribution in [0.15, 0.2) is 57.7 Å². The zero-order valence-corrected chi connectivity index (χ0v) is 12.3. The first kappa shape index (κ1) is 14.1. The lowest BCUT2D eigenvalue weighted by molar-refractivity contribution is 0.101. The van der Waals surface area contributed by atoms with E-state index in [0.29, 0.717) is 5.76 Å². The number of rotatable bonds is 3. The minimum absolute atomic E-state index is 0.0403. The molecule has 0 saturated carbocycles. The summed E-state index contributed by atoms with van der Waals surface area (Å²) in [6.07, 6.45) is 0. The minimum Gasteiger partial charge on any atom is -0.445 e. The van der Waals surface area contributed by atoms with E-state index in [9.17, 15) is 9.59 Å². The van der Waals surface area contributed by atoms with Gasteiger partial charge in [-0.25, -0.2) is 0 Å². The molecule has 1 heterocycles. The van der Waals surface area contributed by atoms with Gasteiger partial charge in [-0.1, -0.05) is 36.4 Å². The molecular formula is C18H15NO3. The molecule has 0 fully saturated rings. The predicted molar refractivity (Wildman–Crippen MR) is 87.0 cm³/mol. The van der Waals surface area contributed by atoms with Gasteiger partial charge in [-0.3, -0.25) is 9.59 Å². The number of nitrogens with one attached hydrogen (secondary N) is 1. The predicted octanol–water partition coefficient (Wildman–Crippen LogP) is 4.05. The maximum atomic E-state index is 12.0. The van der Waals surface area contributed by atoms with Crippen LogP contribution in [0.3, 0.4) is 0 Å². The normalized spacial score (nSPS) is 10.6. The van der Waals surface area contributed by atoms with Crippen LogP contribution in [0.5, 0.6) is 0 Å². The topological polar surface area (TPSA) is 59.3 Å². The van der Waals surface area contributed by atoms with Gasteiger partial charge in [0.2, 0.25) is 5.88 Å². The van der Waals surface area contributed by atoms with E-state index in [0.717, 1.165) is 16.5 Å². The fraction of sp³-hybridized carbons (Fsp3) is 0.111. The Hall–Kier alpha value is -2.88. The SMILES string of the molecule is CC(=O)c1c(Nc2cccc3ccccc23)oc(C)cc1=O. The summed E-state index contributed by atoms with van der Waals surface area (Å²) in [6.45, 7) is 3.04. The standard InChI is InChI=1S/C18H15NO3/c1-11-10-16(21)17(12(2)20)18(22-11)19-15-9-5-7-13-6-3-4-8-14(13)15/h3-10,19H,1-2H3. The van der Waals surface area contributed by atoms with Crippen molar-refractivity contribution in [2.75, 3.05) is 5.32 Å². The Morgan fingerprint density at radius 1 is 1.09 bits per heavy atom. The summed E-state index contributed by atoms with van der Waals surface area (Å²) in [5, 5.41) is 5.14. The summed E-state index contributed by atoms with van der Waals surface area (Å²) in [6, 6.07) is 15.0. The quantitative estimate of drug-likeness (QED) is 0.740. The third kappa shape index (κ3) is 2.51. The van der Waals surface area contributed by atoms with Crippen molar-refractivity contribution in [3.63, 3.8) is 0 Å². The molecule has 1 N–H and O–H groups in total. The molecule has 3 aromatic rings. The fourth-order valence-electron chi connectivity index (χ4n) is 2.49. The third-order valence-electron chi connectivity index (χ3n) is 3.46. The largest absolute Gasteiger partial charge is 0.445 e. The molecule has 4 heteroatoms. The van der Waals surface area contributed by atoms with Crippen LogP contribution in [-0.4, -0.2) is 5.78 Å². The Balaban J connectivity index is 2.17. The summed E-state index contributed by atoms with van der Waals surface area (Å²) < 4.78 is 5.57. The molecule has 4 nitrogen and oxygen atoms in total. The molecular weight excluding hydrogens is 278 g/mol. The molecule has 0 spiro atoms. The lowest BCUT2D eigenvalue weighted by atomic mass is 10.1. The van der Waals surface area contributed by atoms with Crippen molar-refractivity contribution in [1.82, 2.24) is 0 Å². The first-order valence-electron chi connectivity index (χ1n) is 6.97. The van der Waals surface area contributed by atoms with Gasteiger partial charge in [0.25, 0.3) is 0 Å². The first-order chi connectivity index (χ1) is 10.6. The molecule has 0 amide bonds. The van der Waals surface area contributed by atoms with Gasteiger partial charge in [-0.2, -0.15) is 0 Å². The molecule has 0 unspecified atom stereocenters. The average Bonchev–Trinajstić information content (AvgIpc) is 2.46. The second kappa shape index (κ2) is 5.48. The molecule has 0 bridgehead atoms. The van der Waals surface area contributed by atoms with Crippen molar-refractivity contribution in [3.8, 4) is 0 Å². The number of aryl methyl sites for hydroxylation is 1. The summed E-state index contributed by atoms with van der Waals surface area (Å²) in [5.41, 5.74) is 0.492. The number of carbonyl (C=O) groups is 1. The van der Waals surface area contributed by atoms with Gasteiger partial charge in [0.1, 0.15) is 11.3 Å². The smallest absolute Gasteiger partial charge is 0.212 e. The Labute approximate surface area is 127 Å². The molecule has 0 aliphatic heterocycles. The highest BCUT2D eigenvalue weighted by atomic mass is 16.4. The van der Waals surface area contributed by atoms with E-state index in [1.54, 1.807) is 6.92 Å². The Bertz CT molecular complexity index is 920. The Kier molecular flexibility index (Phi) is 3.51. The highest BCUT2D eigenvalue weighted by Crippen LogP contribution is 2.27. The number of Topliss-reactive ketones (excluding diaryl/α,β-unsaturated/α-hetero) is 1. The molecule has 0 atom stereocenters. The van der Waals surface area contributed by atoms with Crippen LogP contribution >= 0.6 is 0 Å². The van der Waals surface area contributed by atoms with Gasteiger partial charge >= 0.3 is 0 Å². The number of anilines is 2. The number of hydrogen-bond acceptors (Lipinski definition) is 4. The first-order valence-corrected chi connectivity index (χ1v) is 6.97. The monoisotopic (exact) mass is 293 g/mol. The highest BCUT2D eigenvalue weighted by Gasteiger charge is 2.16. The molecule has 110 valence electrons. The molecule has 0 saturated heterocycles. The minimum atomic E-state index is -0.334. The summed E-state index contributed by atoms with van der Waals surface area (Å²) in [7, 11) is 0. The fourth-order valence-corrected chi connectivity index (χ4v) is 2.49. The Morgan fingerprint density at radius 3 is 2.59 bits per heavy atom. The second-order valence-corrected chi connectivity index (χ2v) is 5.13. The summed E-state index contributed by atoms with van der Waals surface area (Å²) in [5.74, 6) is 0.322. The van der Waals surface area contributed by atoms with Crippen molar-refractivity contribution in [2.45, 2.75) is 13.8 Å². The van der Waals surface area contributed by atoms with Crippen molar-refractivity contribution in [1.29, 1.82) is 0 Å². The van der Waals surface area contributed by atoms with Crippen LogP contribution < -0.4 is 10.7 Å². The van der Waals surface area contributed by atoms with E-state index in [-0.39, 0.29) is 22.7 Å². The van der Waals surface area contributed by atoms with Crippen molar-refractivity contribution in [2.24, 2.45) is 0 Å². The number of fused-ring (bicyclic) bond motifs is 1. The van der Waals surface area contributed by atoms with Crippen molar-refractivity contribution >= 4 is 28.1 Å². The van der Waals surface area contributed by atoms with E-state index in [4.69, 9.17) is 4.42 Å². The summed E-state index contributed by atoms with van der Waals surface area (Å²) >= 11 is 0. The van der Waals surface area contributed by atoms with E-state index < -0.39 is 0 Å².